The van der Waals surface area contributed by atoms with Gasteiger partial charge in [-0.1, -0.05) is 6.92 Å². The minimum absolute atomic E-state index is 0.0784. The van der Waals surface area contributed by atoms with Crippen LogP contribution in [0.25, 0.3) is 0 Å². The number of nitrogens with zero attached hydrogens (tertiary/aromatic N) is 3. The molecule has 2 heterocycles. The molecule has 1 unspecified atom stereocenters. The van der Waals surface area contributed by atoms with Crippen LogP contribution in [0.1, 0.15) is 29.4 Å². The third kappa shape index (κ3) is 2.96. The predicted octanol–water partition coefficient (Wildman–Crippen LogP) is -0.221. The van der Waals surface area contributed by atoms with Crippen LogP contribution in [-0.2, 0) is 13.5 Å². The zero-order valence-corrected chi connectivity index (χ0v) is 11.8. The average molecular weight is 266 g/mol. The van der Waals surface area contributed by atoms with E-state index >= 15 is 0 Å². The van der Waals surface area contributed by atoms with Gasteiger partial charge in [0.1, 0.15) is 0 Å². The smallest absolute Gasteiger partial charge is 0.257 e. The minimum atomic E-state index is -0.807. The molecule has 19 heavy (non-hydrogen) atoms. The molecule has 0 spiro atoms. The van der Waals surface area contributed by atoms with Gasteiger partial charge in [0, 0.05) is 26.8 Å². The molecule has 2 rings (SSSR count). The second-order valence-corrected chi connectivity index (χ2v) is 5.33. The van der Waals surface area contributed by atoms with E-state index in [0.717, 1.165) is 18.7 Å². The van der Waals surface area contributed by atoms with Crippen molar-refractivity contribution < 1.29 is 9.90 Å². The molecule has 0 bridgehead atoms. The van der Waals surface area contributed by atoms with Crippen LogP contribution in [0.2, 0.25) is 0 Å². The molecule has 0 aromatic carbocycles. The SMILES string of the molecule is CCc1nn(C)cc1C(=O)N(C)CC1(O)CCNC1. The lowest BCUT2D eigenvalue weighted by atomic mass is 10.0. The summed E-state index contributed by atoms with van der Waals surface area (Å²) in [6.07, 6.45) is 3.15. The van der Waals surface area contributed by atoms with Crippen molar-refractivity contribution in [1.82, 2.24) is 20.0 Å². The van der Waals surface area contributed by atoms with Crippen LogP contribution in [0.15, 0.2) is 6.20 Å². The first-order valence-corrected chi connectivity index (χ1v) is 6.66. The van der Waals surface area contributed by atoms with Gasteiger partial charge in [0.15, 0.2) is 0 Å². The van der Waals surface area contributed by atoms with Crippen LogP contribution in [0, 0.1) is 0 Å². The fraction of sp³-hybridized carbons (Fsp3) is 0.692. The summed E-state index contributed by atoms with van der Waals surface area (Å²) in [6, 6.07) is 0. The van der Waals surface area contributed by atoms with Crippen molar-refractivity contribution in [3.8, 4) is 0 Å². The van der Waals surface area contributed by atoms with Crippen LogP contribution in [0.5, 0.6) is 0 Å². The van der Waals surface area contributed by atoms with E-state index in [1.807, 2.05) is 14.0 Å². The van der Waals surface area contributed by atoms with Gasteiger partial charge in [0.05, 0.1) is 23.4 Å². The molecule has 6 heteroatoms. The minimum Gasteiger partial charge on any atom is -0.387 e. The van der Waals surface area contributed by atoms with Crippen molar-refractivity contribution in [1.29, 1.82) is 0 Å². The van der Waals surface area contributed by atoms with Gasteiger partial charge in [-0.25, -0.2) is 0 Å². The summed E-state index contributed by atoms with van der Waals surface area (Å²) in [7, 11) is 3.54. The number of aryl methyl sites for hydroxylation is 2. The summed E-state index contributed by atoms with van der Waals surface area (Å²) in [5.74, 6) is -0.0784. The molecule has 0 saturated carbocycles. The van der Waals surface area contributed by atoms with Gasteiger partial charge < -0.3 is 15.3 Å². The summed E-state index contributed by atoms with van der Waals surface area (Å²) in [5, 5.41) is 17.7. The Labute approximate surface area is 113 Å². The molecule has 1 amide bonds. The van der Waals surface area contributed by atoms with Crippen LogP contribution in [-0.4, -0.2) is 58.0 Å². The first-order chi connectivity index (χ1) is 8.95. The highest BCUT2D eigenvalue weighted by atomic mass is 16.3. The summed E-state index contributed by atoms with van der Waals surface area (Å²) in [4.78, 5) is 14.0. The van der Waals surface area contributed by atoms with Crippen molar-refractivity contribution in [3.63, 3.8) is 0 Å². The topological polar surface area (TPSA) is 70.4 Å². The van der Waals surface area contributed by atoms with E-state index in [-0.39, 0.29) is 5.91 Å². The van der Waals surface area contributed by atoms with E-state index in [0.29, 0.717) is 25.1 Å². The van der Waals surface area contributed by atoms with E-state index in [9.17, 15) is 9.90 Å². The van der Waals surface area contributed by atoms with Crippen molar-refractivity contribution in [2.24, 2.45) is 7.05 Å². The van der Waals surface area contributed by atoms with E-state index < -0.39 is 5.60 Å². The number of aliphatic hydroxyl groups is 1. The van der Waals surface area contributed by atoms with Crippen LogP contribution >= 0.6 is 0 Å². The Balaban J connectivity index is 2.10. The first-order valence-electron chi connectivity index (χ1n) is 6.66. The molecule has 1 aromatic rings. The van der Waals surface area contributed by atoms with Crippen molar-refractivity contribution in [2.75, 3.05) is 26.7 Å². The number of β-amino-alcohol motifs (C(OH)–C–C–N with tert-alkyl or cyclic N) is 1. The first kappa shape index (κ1) is 14.0. The monoisotopic (exact) mass is 266 g/mol. The summed E-state index contributed by atoms with van der Waals surface area (Å²) >= 11 is 0. The lowest BCUT2D eigenvalue weighted by Gasteiger charge is -2.28. The maximum Gasteiger partial charge on any atom is 0.257 e. The Kier molecular flexibility index (Phi) is 3.91. The molecular formula is C13H22N4O2. The molecule has 1 aliphatic rings. The molecule has 1 fully saturated rings. The molecule has 1 saturated heterocycles. The van der Waals surface area contributed by atoms with Gasteiger partial charge >= 0.3 is 0 Å². The number of carbonyl (C=O) groups excluding carboxylic acids is 1. The number of amides is 1. The summed E-state index contributed by atoms with van der Waals surface area (Å²) in [5.41, 5.74) is 0.622. The molecule has 0 aliphatic carbocycles. The molecular weight excluding hydrogens is 244 g/mol. The maximum absolute atomic E-state index is 12.4. The third-order valence-electron chi connectivity index (χ3n) is 3.57. The normalized spacial score (nSPS) is 22.7. The molecule has 1 aromatic heterocycles. The highest BCUT2D eigenvalue weighted by Gasteiger charge is 2.34. The summed E-state index contributed by atoms with van der Waals surface area (Å²) < 4.78 is 1.66. The molecule has 1 aliphatic heterocycles. The number of carbonyl (C=O) groups is 1. The predicted molar refractivity (Wildman–Crippen MR) is 72.0 cm³/mol. The Bertz CT molecular complexity index is 463. The Morgan fingerprint density at radius 3 is 3.00 bits per heavy atom. The molecule has 0 radical (unpaired) electrons. The van der Waals surface area contributed by atoms with Gasteiger partial charge in [-0.2, -0.15) is 5.10 Å². The van der Waals surface area contributed by atoms with E-state index in [1.54, 1.807) is 22.8 Å². The van der Waals surface area contributed by atoms with E-state index in [2.05, 4.69) is 10.4 Å². The number of hydrogen-bond acceptors (Lipinski definition) is 4. The summed E-state index contributed by atoms with van der Waals surface area (Å²) in [6.45, 7) is 3.66. The highest BCUT2D eigenvalue weighted by molar-refractivity contribution is 5.95. The van der Waals surface area contributed by atoms with Crippen molar-refractivity contribution in [2.45, 2.75) is 25.4 Å². The fourth-order valence-corrected chi connectivity index (χ4v) is 2.56. The molecule has 6 nitrogen and oxygen atoms in total. The lowest BCUT2D eigenvalue weighted by molar-refractivity contribution is 0.0252. The van der Waals surface area contributed by atoms with Crippen LogP contribution < -0.4 is 5.32 Å². The quantitative estimate of drug-likeness (QED) is 0.790. The van der Waals surface area contributed by atoms with E-state index in [1.165, 1.54) is 0 Å². The second kappa shape index (κ2) is 5.30. The number of likely N-dealkylation sites (N-methyl/N-ethyl adjacent to an activating group) is 1. The number of nitrogens with one attached hydrogen (secondary N) is 1. The average Bonchev–Trinajstić information content (AvgIpc) is 2.94. The highest BCUT2D eigenvalue weighted by Crippen LogP contribution is 2.17. The maximum atomic E-state index is 12.4. The van der Waals surface area contributed by atoms with Crippen molar-refractivity contribution >= 4 is 5.91 Å². The molecule has 2 N–H and O–H groups in total. The molecule has 106 valence electrons. The number of aromatic nitrogens is 2. The van der Waals surface area contributed by atoms with Gasteiger partial charge in [0.2, 0.25) is 0 Å². The zero-order valence-electron chi connectivity index (χ0n) is 11.8. The number of rotatable bonds is 4. The Hall–Kier alpha value is -1.40. The van der Waals surface area contributed by atoms with Crippen LogP contribution in [0.4, 0.5) is 0 Å². The third-order valence-corrected chi connectivity index (χ3v) is 3.57. The van der Waals surface area contributed by atoms with Gasteiger partial charge in [-0.3, -0.25) is 9.48 Å². The van der Waals surface area contributed by atoms with Gasteiger partial charge in [0.25, 0.3) is 5.91 Å². The lowest BCUT2D eigenvalue weighted by Crippen LogP contribution is -2.45. The zero-order chi connectivity index (χ0) is 14.0. The standard InChI is InChI=1S/C13H22N4O2/c1-4-11-10(7-17(3)15-11)12(18)16(2)9-13(19)5-6-14-8-13/h7,14,19H,4-6,8-9H2,1-3H3. The molecule has 1 atom stereocenters. The Morgan fingerprint density at radius 1 is 1.68 bits per heavy atom. The number of hydrogen-bond donors (Lipinski definition) is 2. The van der Waals surface area contributed by atoms with Gasteiger partial charge in [-0.15, -0.1) is 0 Å². The van der Waals surface area contributed by atoms with E-state index in [4.69, 9.17) is 0 Å². The second-order valence-electron chi connectivity index (χ2n) is 5.33. The Morgan fingerprint density at radius 2 is 2.42 bits per heavy atom. The van der Waals surface area contributed by atoms with Crippen LogP contribution in [0.3, 0.4) is 0 Å². The van der Waals surface area contributed by atoms with Crippen molar-refractivity contribution in [3.05, 3.63) is 17.5 Å². The van der Waals surface area contributed by atoms with Gasteiger partial charge in [-0.05, 0) is 19.4 Å². The largest absolute Gasteiger partial charge is 0.387 e. The fourth-order valence-electron chi connectivity index (χ4n) is 2.56.